The highest BCUT2D eigenvalue weighted by Crippen LogP contribution is 2.23. The summed E-state index contributed by atoms with van der Waals surface area (Å²) in [5, 5.41) is 8.82. The number of piperazine rings is 1. The lowest BCUT2D eigenvalue weighted by Gasteiger charge is -2.34. The summed E-state index contributed by atoms with van der Waals surface area (Å²) >= 11 is 0. The molecule has 146 valence electrons. The average molecular weight is 389 g/mol. The standard InChI is InChI=1S/C20H18F3N3O2/c21-20(22,23)28-18-7-3-16(4-8-18)14-25-9-11-26(12-10-25)19(27)17-5-1-15(13-24)2-6-17/h1-8H,9-12,14H2. The number of ether oxygens (including phenoxy) is 1. The number of carbonyl (C=O) groups is 1. The van der Waals surface area contributed by atoms with E-state index in [-0.39, 0.29) is 11.7 Å². The summed E-state index contributed by atoms with van der Waals surface area (Å²) in [6.07, 6.45) is -4.70. The van der Waals surface area contributed by atoms with E-state index in [9.17, 15) is 18.0 Å². The molecule has 5 nitrogen and oxygen atoms in total. The fourth-order valence-electron chi connectivity index (χ4n) is 3.03. The van der Waals surface area contributed by atoms with Crippen LogP contribution < -0.4 is 4.74 Å². The Morgan fingerprint density at radius 1 is 1.00 bits per heavy atom. The van der Waals surface area contributed by atoms with E-state index < -0.39 is 6.36 Å². The van der Waals surface area contributed by atoms with Crippen molar-refractivity contribution >= 4 is 5.91 Å². The van der Waals surface area contributed by atoms with E-state index in [1.54, 1.807) is 41.3 Å². The minimum absolute atomic E-state index is 0.0715. The molecule has 3 rings (SSSR count). The second-order valence-electron chi connectivity index (χ2n) is 6.45. The molecule has 1 fully saturated rings. The van der Waals surface area contributed by atoms with Crippen molar-refractivity contribution in [3.05, 3.63) is 65.2 Å². The number of alkyl halides is 3. The number of benzene rings is 2. The number of rotatable bonds is 4. The van der Waals surface area contributed by atoms with Crippen molar-refractivity contribution in [2.45, 2.75) is 12.9 Å². The molecule has 0 radical (unpaired) electrons. The molecule has 0 unspecified atom stereocenters. The Labute approximate surface area is 160 Å². The molecule has 0 spiro atoms. The number of nitriles is 1. The summed E-state index contributed by atoms with van der Waals surface area (Å²) in [7, 11) is 0. The van der Waals surface area contributed by atoms with Crippen molar-refractivity contribution < 1.29 is 22.7 Å². The first-order chi connectivity index (χ1) is 13.3. The SMILES string of the molecule is N#Cc1ccc(C(=O)N2CCN(Cc3ccc(OC(F)(F)F)cc3)CC2)cc1. The topological polar surface area (TPSA) is 56.6 Å². The Hall–Kier alpha value is -3.05. The van der Waals surface area contributed by atoms with Gasteiger partial charge in [0.1, 0.15) is 5.75 Å². The van der Waals surface area contributed by atoms with Crippen LogP contribution in [0.5, 0.6) is 5.75 Å². The van der Waals surface area contributed by atoms with Gasteiger partial charge in [0, 0.05) is 38.3 Å². The van der Waals surface area contributed by atoms with E-state index in [2.05, 4.69) is 9.64 Å². The number of amides is 1. The van der Waals surface area contributed by atoms with E-state index in [0.29, 0.717) is 43.9 Å². The Bertz CT molecular complexity index is 850. The van der Waals surface area contributed by atoms with E-state index in [0.717, 1.165) is 5.56 Å². The van der Waals surface area contributed by atoms with Crippen LogP contribution in [0.25, 0.3) is 0 Å². The molecule has 0 aromatic heterocycles. The Morgan fingerprint density at radius 2 is 1.61 bits per heavy atom. The van der Waals surface area contributed by atoms with Crippen LogP contribution >= 0.6 is 0 Å². The van der Waals surface area contributed by atoms with E-state index in [4.69, 9.17) is 5.26 Å². The van der Waals surface area contributed by atoms with Crippen LogP contribution in [-0.4, -0.2) is 48.2 Å². The van der Waals surface area contributed by atoms with Gasteiger partial charge in [-0.2, -0.15) is 5.26 Å². The fourth-order valence-corrected chi connectivity index (χ4v) is 3.03. The van der Waals surface area contributed by atoms with Gasteiger partial charge in [-0.25, -0.2) is 0 Å². The highest BCUT2D eigenvalue weighted by Gasteiger charge is 2.31. The van der Waals surface area contributed by atoms with Gasteiger partial charge >= 0.3 is 6.36 Å². The minimum Gasteiger partial charge on any atom is -0.406 e. The van der Waals surface area contributed by atoms with Crippen LogP contribution in [0.1, 0.15) is 21.5 Å². The average Bonchev–Trinajstić information content (AvgIpc) is 2.68. The lowest BCUT2D eigenvalue weighted by atomic mass is 10.1. The second-order valence-corrected chi connectivity index (χ2v) is 6.45. The highest BCUT2D eigenvalue weighted by molar-refractivity contribution is 5.94. The normalized spacial score (nSPS) is 15.1. The van der Waals surface area contributed by atoms with Gasteiger partial charge in [-0.3, -0.25) is 9.69 Å². The summed E-state index contributed by atoms with van der Waals surface area (Å²) in [4.78, 5) is 16.4. The largest absolute Gasteiger partial charge is 0.573 e. The van der Waals surface area contributed by atoms with Gasteiger partial charge < -0.3 is 9.64 Å². The summed E-state index contributed by atoms with van der Waals surface area (Å²) in [6.45, 7) is 3.05. The van der Waals surface area contributed by atoms with Crippen LogP contribution in [0.3, 0.4) is 0 Å². The highest BCUT2D eigenvalue weighted by atomic mass is 19.4. The maximum atomic E-state index is 12.5. The van der Waals surface area contributed by atoms with Crippen molar-refractivity contribution in [3.63, 3.8) is 0 Å². The quantitative estimate of drug-likeness (QED) is 0.804. The van der Waals surface area contributed by atoms with E-state index >= 15 is 0 Å². The molecule has 8 heteroatoms. The van der Waals surface area contributed by atoms with Crippen molar-refractivity contribution in [2.24, 2.45) is 0 Å². The lowest BCUT2D eigenvalue weighted by molar-refractivity contribution is -0.274. The molecule has 1 saturated heterocycles. The van der Waals surface area contributed by atoms with Gasteiger partial charge in [0.15, 0.2) is 0 Å². The fraction of sp³-hybridized carbons (Fsp3) is 0.300. The molecule has 0 aliphatic carbocycles. The Balaban J connectivity index is 1.51. The van der Waals surface area contributed by atoms with Gasteiger partial charge in [-0.1, -0.05) is 12.1 Å². The molecular formula is C20H18F3N3O2. The van der Waals surface area contributed by atoms with E-state index in [1.165, 1.54) is 12.1 Å². The van der Waals surface area contributed by atoms with E-state index in [1.807, 2.05) is 6.07 Å². The molecule has 1 amide bonds. The third-order valence-corrected chi connectivity index (χ3v) is 4.48. The van der Waals surface area contributed by atoms with Crippen LogP contribution in [0.2, 0.25) is 0 Å². The van der Waals surface area contributed by atoms with Crippen molar-refractivity contribution in [1.29, 1.82) is 5.26 Å². The predicted molar refractivity (Wildman–Crippen MR) is 95.5 cm³/mol. The van der Waals surface area contributed by atoms with Crippen molar-refractivity contribution in [2.75, 3.05) is 26.2 Å². The first-order valence-corrected chi connectivity index (χ1v) is 8.70. The predicted octanol–water partition coefficient (Wildman–Crippen LogP) is 3.41. The van der Waals surface area contributed by atoms with Gasteiger partial charge in [0.05, 0.1) is 11.6 Å². The number of hydrogen-bond donors (Lipinski definition) is 0. The van der Waals surface area contributed by atoms with Gasteiger partial charge in [-0.15, -0.1) is 13.2 Å². The third kappa shape index (κ3) is 5.24. The number of halogens is 3. The zero-order valence-electron chi connectivity index (χ0n) is 14.9. The van der Waals surface area contributed by atoms with Crippen LogP contribution in [0.4, 0.5) is 13.2 Å². The maximum absolute atomic E-state index is 12.5. The lowest BCUT2D eigenvalue weighted by Crippen LogP contribution is -2.48. The molecule has 2 aromatic rings. The van der Waals surface area contributed by atoms with Crippen LogP contribution in [0.15, 0.2) is 48.5 Å². The van der Waals surface area contributed by atoms with Crippen molar-refractivity contribution in [3.8, 4) is 11.8 Å². The number of carbonyl (C=O) groups excluding carboxylic acids is 1. The third-order valence-electron chi connectivity index (χ3n) is 4.48. The van der Waals surface area contributed by atoms with Crippen molar-refractivity contribution in [1.82, 2.24) is 9.80 Å². The summed E-state index contributed by atoms with van der Waals surface area (Å²) < 4.78 is 40.5. The second kappa shape index (κ2) is 8.31. The van der Waals surface area contributed by atoms with Crippen LogP contribution in [-0.2, 0) is 6.54 Å². The smallest absolute Gasteiger partial charge is 0.406 e. The first-order valence-electron chi connectivity index (χ1n) is 8.70. The zero-order valence-corrected chi connectivity index (χ0v) is 14.9. The molecule has 0 saturated carbocycles. The summed E-state index contributed by atoms with van der Waals surface area (Å²) in [5.74, 6) is -0.313. The molecular weight excluding hydrogens is 371 g/mol. The molecule has 1 heterocycles. The molecule has 0 N–H and O–H groups in total. The molecule has 1 aliphatic rings. The molecule has 0 bridgehead atoms. The summed E-state index contributed by atoms with van der Waals surface area (Å²) in [6, 6.07) is 14.4. The Morgan fingerprint density at radius 3 is 2.14 bits per heavy atom. The minimum atomic E-state index is -4.70. The Kier molecular flexibility index (Phi) is 5.85. The first kappa shape index (κ1) is 19.7. The van der Waals surface area contributed by atoms with Gasteiger partial charge in [0.2, 0.25) is 0 Å². The molecule has 28 heavy (non-hydrogen) atoms. The monoisotopic (exact) mass is 389 g/mol. The summed E-state index contributed by atoms with van der Waals surface area (Å²) in [5.41, 5.74) is 1.93. The van der Waals surface area contributed by atoms with Gasteiger partial charge in [-0.05, 0) is 42.0 Å². The van der Waals surface area contributed by atoms with Gasteiger partial charge in [0.25, 0.3) is 5.91 Å². The van der Waals surface area contributed by atoms with Crippen LogP contribution in [0, 0.1) is 11.3 Å². The molecule has 1 aliphatic heterocycles. The number of nitrogens with zero attached hydrogens (tertiary/aromatic N) is 3. The zero-order chi connectivity index (χ0) is 20.1. The molecule has 0 atom stereocenters. The number of hydrogen-bond acceptors (Lipinski definition) is 4. The maximum Gasteiger partial charge on any atom is 0.573 e. The molecule has 2 aromatic carbocycles.